The summed E-state index contributed by atoms with van der Waals surface area (Å²) in [6.07, 6.45) is 0. The molecule has 0 radical (unpaired) electrons. The molecule has 0 amide bonds. The third-order valence-electron chi connectivity index (χ3n) is 3.53. The van der Waals surface area contributed by atoms with Gasteiger partial charge in [-0.3, -0.25) is 0 Å². The molecule has 0 aromatic heterocycles. The Morgan fingerprint density at radius 3 is 2.60 bits per heavy atom. The Bertz CT molecular complexity index is 837. The van der Waals surface area contributed by atoms with E-state index in [0.717, 1.165) is 0 Å². The zero-order valence-corrected chi connectivity index (χ0v) is 14.5. The van der Waals surface area contributed by atoms with E-state index < -0.39 is 10.0 Å². The van der Waals surface area contributed by atoms with Crippen LogP contribution in [-0.2, 0) is 10.0 Å². The minimum Gasteiger partial charge on any atom is -0.497 e. The van der Waals surface area contributed by atoms with Gasteiger partial charge in [0.1, 0.15) is 31.3 Å². The van der Waals surface area contributed by atoms with Crippen molar-refractivity contribution < 1.29 is 27.4 Å². The van der Waals surface area contributed by atoms with E-state index in [1.54, 1.807) is 37.4 Å². The predicted molar refractivity (Wildman–Crippen MR) is 91.1 cm³/mol. The highest BCUT2D eigenvalue weighted by Crippen LogP contribution is 2.32. The predicted octanol–water partition coefficient (Wildman–Crippen LogP) is 1.82. The van der Waals surface area contributed by atoms with Crippen molar-refractivity contribution in [1.82, 2.24) is 4.72 Å². The summed E-state index contributed by atoms with van der Waals surface area (Å²) in [5.41, 5.74) is 0. The van der Waals surface area contributed by atoms with Crippen molar-refractivity contribution in [2.24, 2.45) is 0 Å². The number of benzene rings is 2. The van der Waals surface area contributed by atoms with Crippen LogP contribution in [0.4, 0.5) is 0 Å². The molecule has 25 heavy (non-hydrogen) atoms. The minimum absolute atomic E-state index is 0.123. The number of methoxy groups -OCH3 is 1. The van der Waals surface area contributed by atoms with Crippen LogP contribution in [0.25, 0.3) is 0 Å². The van der Waals surface area contributed by atoms with Gasteiger partial charge in [0.2, 0.25) is 10.0 Å². The van der Waals surface area contributed by atoms with Crippen LogP contribution < -0.4 is 23.7 Å². The fourth-order valence-electron chi connectivity index (χ4n) is 2.31. The van der Waals surface area contributed by atoms with Crippen LogP contribution in [0, 0.1) is 0 Å². The van der Waals surface area contributed by atoms with E-state index in [1.165, 1.54) is 12.1 Å². The summed E-state index contributed by atoms with van der Waals surface area (Å²) in [5, 5.41) is 0. The lowest BCUT2D eigenvalue weighted by Gasteiger charge is -2.19. The maximum Gasteiger partial charge on any atom is 0.240 e. The molecule has 2 aromatic rings. The summed E-state index contributed by atoms with van der Waals surface area (Å²) >= 11 is 0. The Morgan fingerprint density at radius 1 is 1.04 bits per heavy atom. The lowest BCUT2D eigenvalue weighted by molar-refractivity contribution is 0.171. The van der Waals surface area contributed by atoms with Gasteiger partial charge >= 0.3 is 0 Å². The Hall–Kier alpha value is -2.45. The Morgan fingerprint density at radius 2 is 1.80 bits per heavy atom. The molecule has 1 aliphatic heterocycles. The van der Waals surface area contributed by atoms with E-state index in [9.17, 15) is 8.42 Å². The molecule has 0 bridgehead atoms. The second-order valence-electron chi connectivity index (χ2n) is 5.23. The first-order valence-electron chi connectivity index (χ1n) is 7.75. The van der Waals surface area contributed by atoms with Crippen LogP contribution in [0.5, 0.6) is 23.0 Å². The fourth-order valence-corrected chi connectivity index (χ4v) is 3.34. The van der Waals surface area contributed by atoms with Crippen molar-refractivity contribution in [3.63, 3.8) is 0 Å². The first kappa shape index (κ1) is 17.4. The second kappa shape index (κ2) is 7.62. The van der Waals surface area contributed by atoms with Gasteiger partial charge in [0.05, 0.1) is 12.0 Å². The maximum absolute atomic E-state index is 12.3. The van der Waals surface area contributed by atoms with Crippen LogP contribution in [-0.4, -0.2) is 41.9 Å². The van der Waals surface area contributed by atoms with Gasteiger partial charge < -0.3 is 18.9 Å². The van der Waals surface area contributed by atoms with E-state index in [4.69, 9.17) is 18.9 Å². The summed E-state index contributed by atoms with van der Waals surface area (Å²) in [5.74, 6) is 2.26. The summed E-state index contributed by atoms with van der Waals surface area (Å²) in [6, 6.07) is 11.6. The van der Waals surface area contributed by atoms with Gasteiger partial charge in [0.25, 0.3) is 0 Å². The van der Waals surface area contributed by atoms with Crippen LogP contribution in [0.1, 0.15) is 0 Å². The maximum atomic E-state index is 12.3. The van der Waals surface area contributed by atoms with Gasteiger partial charge in [-0.05, 0) is 24.3 Å². The summed E-state index contributed by atoms with van der Waals surface area (Å²) in [7, 11) is -2.08. The molecule has 1 N–H and O–H groups in total. The average molecular weight is 365 g/mol. The van der Waals surface area contributed by atoms with Crippen molar-refractivity contribution in [3.05, 3.63) is 42.5 Å². The molecule has 0 aliphatic carbocycles. The van der Waals surface area contributed by atoms with Gasteiger partial charge in [-0.2, -0.15) is 0 Å². The van der Waals surface area contributed by atoms with Crippen LogP contribution in [0.15, 0.2) is 47.4 Å². The molecule has 0 atom stereocenters. The molecule has 3 rings (SSSR count). The van der Waals surface area contributed by atoms with Gasteiger partial charge in [0.15, 0.2) is 11.5 Å². The quantitative estimate of drug-likeness (QED) is 0.754. The second-order valence-corrected chi connectivity index (χ2v) is 7.00. The highest BCUT2D eigenvalue weighted by atomic mass is 32.2. The zero-order valence-electron chi connectivity index (χ0n) is 13.7. The lowest BCUT2D eigenvalue weighted by Crippen LogP contribution is -2.28. The van der Waals surface area contributed by atoms with Crippen molar-refractivity contribution in [3.8, 4) is 23.0 Å². The minimum atomic E-state index is -3.65. The van der Waals surface area contributed by atoms with Gasteiger partial charge in [-0.1, -0.05) is 6.07 Å². The fraction of sp³-hybridized carbons (Fsp3) is 0.294. The summed E-state index contributed by atoms with van der Waals surface area (Å²) in [4.78, 5) is 0.123. The summed E-state index contributed by atoms with van der Waals surface area (Å²) in [6.45, 7) is 1.18. The number of rotatable bonds is 7. The SMILES string of the molecule is COc1cccc(OCCNS(=O)(=O)c2ccc3c(c2)OCCO3)c1. The number of sulfonamides is 1. The molecule has 134 valence electrons. The van der Waals surface area contributed by atoms with E-state index >= 15 is 0 Å². The van der Waals surface area contributed by atoms with Crippen molar-refractivity contribution in [1.29, 1.82) is 0 Å². The third-order valence-corrected chi connectivity index (χ3v) is 4.99. The van der Waals surface area contributed by atoms with E-state index in [2.05, 4.69) is 4.72 Å². The Labute approximate surface area is 146 Å². The molecule has 0 fully saturated rings. The lowest BCUT2D eigenvalue weighted by atomic mass is 10.3. The van der Waals surface area contributed by atoms with Crippen molar-refractivity contribution in [2.45, 2.75) is 4.90 Å². The topological polar surface area (TPSA) is 83.1 Å². The van der Waals surface area contributed by atoms with Gasteiger partial charge in [-0.25, -0.2) is 13.1 Å². The molecule has 1 heterocycles. The van der Waals surface area contributed by atoms with E-state index in [0.29, 0.717) is 36.2 Å². The highest BCUT2D eigenvalue weighted by molar-refractivity contribution is 7.89. The molecule has 2 aromatic carbocycles. The largest absolute Gasteiger partial charge is 0.497 e. The number of hydrogen-bond acceptors (Lipinski definition) is 6. The van der Waals surface area contributed by atoms with Crippen molar-refractivity contribution in [2.75, 3.05) is 33.5 Å². The molecule has 8 heteroatoms. The molecule has 7 nitrogen and oxygen atoms in total. The monoisotopic (exact) mass is 365 g/mol. The number of nitrogens with one attached hydrogen (secondary N) is 1. The number of hydrogen-bond donors (Lipinski definition) is 1. The Balaban J connectivity index is 1.56. The van der Waals surface area contributed by atoms with Crippen LogP contribution >= 0.6 is 0 Å². The third kappa shape index (κ3) is 4.34. The van der Waals surface area contributed by atoms with Crippen molar-refractivity contribution >= 4 is 10.0 Å². The first-order chi connectivity index (χ1) is 12.1. The molecule has 0 saturated carbocycles. The highest BCUT2D eigenvalue weighted by Gasteiger charge is 2.19. The van der Waals surface area contributed by atoms with E-state index in [-0.39, 0.29) is 18.0 Å². The number of fused-ring (bicyclic) bond motifs is 1. The smallest absolute Gasteiger partial charge is 0.240 e. The normalized spacial score (nSPS) is 13.3. The molecule has 0 spiro atoms. The summed E-state index contributed by atoms with van der Waals surface area (Å²) < 4.78 is 48.6. The van der Waals surface area contributed by atoms with Gasteiger partial charge in [-0.15, -0.1) is 0 Å². The molecular weight excluding hydrogens is 346 g/mol. The number of ether oxygens (including phenoxy) is 4. The molecule has 1 aliphatic rings. The van der Waals surface area contributed by atoms with Crippen LogP contribution in [0.2, 0.25) is 0 Å². The van der Waals surface area contributed by atoms with Crippen LogP contribution in [0.3, 0.4) is 0 Å². The molecular formula is C17H19NO6S. The van der Waals surface area contributed by atoms with Gasteiger partial charge in [0, 0.05) is 18.7 Å². The van der Waals surface area contributed by atoms with E-state index in [1.807, 2.05) is 0 Å². The first-order valence-corrected chi connectivity index (χ1v) is 9.23. The molecule has 0 unspecified atom stereocenters. The Kier molecular flexibility index (Phi) is 5.30. The average Bonchev–Trinajstić information content (AvgIpc) is 2.65. The zero-order chi connectivity index (χ0) is 17.7. The molecule has 0 saturated heterocycles. The standard InChI is InChI=1S/C17H19NO6S/c1-21-13-3-2-4-14(11-13)22-8-7-18-25(19,20)15-5-6-16-17(12-15)24-10-9-23-16/h2-6,11-12,18H,7-10H2,1H3.